The molecule has 1 heterocycles. The molecule has 0 aromatic heterocycles. The Morgan fingerprint density at radius 1 is 0.952 bits per heavy atom. The van der Waals surface area contributed by atoms with Crippen LogP contribution in [0.15, 0.2) is 24.3 Å². The molecule has 1 saturated carbocycles. The summed E-state index contributed by atoms with van der Waals surface area (Å²) in [6.07, 6.45) is 7.64. The third kappa shape index (κ3) is 3.76. The number of hydrogen-bond acceptors (Lipinski definition) is 2. The highest BCUT2D eigenvalue weighted by molar-refractivity contribution is 5.47. The van der Waals surface area contributed by atoms with E-state index in [9.17, 15) is 4.39 Å². The molecule has 1 aromatic carbocycles. The first kappa shape index (κ1) is 14.8. The van der Waals surface area contributed by atoms with Gasteiger partial charge in [0, 0.05) is 25.2 Å². The highest BCUT2D eigenvalue weighted by Gasteiger charge is 2.25. The third-order valence-electron chi connectivity index (χ3n) is 5.18. The van der Waals surface area contributed by atoms with Crippen LogP contribution in [0, 0.1) is 11.7 Å². The van der Waals surface area contributed by atoms with Crippen LogP contribution in [-0.2, 0) is 0 Å². The molecular weight excluding hydrogens is 263 g/mol. The average Bonchev–Trinajstić information content (AvgIpc) is 2.51. The van der Waals surface area contributed by atoms with Crippen molar-refractivity contribution >= 4 is 5.69 Å². The van der Waals surface area contributed by atoms with Crippen molar-refractivity contribution in [3.8, 4) is 0 Å². The van der Waals surface area contributed by atoms with Gasteiger partial charge in [-0.1, -0.05) is 19.1 Å². The van der Waals surface area contributed by atoms with E-state index in [4.69, 9.17) is 0 Å². The van der Waals surface area contributed by atoms with Crippen LogP contribution in [0.2, 0.25) is 0 Å². The maximum Gasteiger partial charge on any atom is 0.146 e. The van der Waals surface area contributed by atoms with E-state index < -0.39 is 0 Å². The van der Waals surface area contributed by atoms with E-state index in [1.807, 2.05) is 12.1 Å². The van der Waals surface area contributed by atoms with Crippen molar-refractivity contribution in [2.45, 2.75) is 57.5 Å². The molecule has 0 bridgehead atoms. The Labute approximate surface area is 127 Å². The van der Waals surface area contributed by atoms with E-state index in [1.54, 1.807) is 12.1 Å². The Morgan fingerprint density at radius 2 is 1.57 bits per heavy atom. The van der Waals surface area contributed by atoms with E-state index in [0.717, 1.165) is 37.5 Å². The number of piperidine rings is 1. The van der Waals surface area contributed by atoms with Crippen LogP contribution in [-0.4, -0.2) is 25.2 Å². The zero-order valence-electron chi connectivity index (χ0n) is 13.0. The summed E-state index contributed by atoms with van der Waals surface area (Å²) >= 11 is 0. The second kappa shape index (κ2) is 6.78. The molecule has 1 aliphatic carbocycles. The fourth-order valence-corrected chi connectivity index (χ4v) is 3.76. The Morgan fingerprint density at radius 3 is 2.24 bits per heavy atom. The highest BCUT2D eigenvalue weighted by atomic mass is 19.1. The molecule has 1 aliphatic heterocycles. The topological polar surface area (TPSA) is 15.3 Å². The molecule has 2 nitrogen and oxygen atoms in total. The quantitative estimate of drug-likeness (QED) is 0.906. The second-order valence-corrected chi connectivity index (χ2v) is 6.84. The zero-order chi connectivity index (χ0) is 14.7. The molecule has 3 rings (SSSR count). The van der Waals surface area contributed by atoms with Crippen molar-refractivity contribution in [2.75, 3.05) is 18.0 Å². The smallest absolute Gasteiger partial charge is 0.146 e. The number of nitrogens with zero attached hydrogens (tertiary/aromatic N) is 1. The zero-order valence-corrected chi connectivity index (χ0v) is 13.0. The van der Waals surface area contributed by atoms with E-state index in [1.165, 1.54) is 25.7 Å². The lowest BCUT2D eigenvalue weighted by Crippen LogP contribution is -2.47. The maximum atomic E-state index is 13.8. The molecule has 116 valence electrons. The number of nitrogens with one attached hydrogen (secondary N) is 1. The van der Waals surface area contributed by atoms with Gasteiger partial charge in [-0.25, -0.2) is 4.39 Å². The van der Waals surface area contributed by atoms with Crippen molar-refractivity contribution < 1.29 is 4.39 Å². The van der Waals surface area contributed by atoms with E-state index in [2.05, 4.69) is 17.1 Å². The number of rotatable bonds is 3. The van der Waals surface area contributed by atoms with Crippen LogP contribution < -0.4 is 10.2 Å². The summed E-state index contributed by atoms with van der Waals surface area (Å²) in [5.41, 5.74) is 0.766. The van der Waals surface area contributed by atoms with Crippen LogP contribution in [0.25, 0.3) is 0 Å². The van der Waals surface area contributed by atoms with E-state index in [-0.39, 0.29) is 5.82 Å². The summed E-state index contributed by atoms with van der Waals surface area (Å²) in [6, 6.07) is 8.47. The first-order valence-electron chi connectivity index (χ1n) is 8.48. The van der Waals surface area contributed by atoms with Crippen LogP contribution in [0.4, 0.5) is 10.1 Å². The molecule has 0 atom stereocenters. The summed E-state index contributed by atoms with van der Waals surface area (Å²) < 4.78 is 13.8. The third-order valence-corrected chi connectivity index (χ3v) is 5.18. The number of hydrogen-bond donors (Lipinski definition) is 1. The van der Waals surface area contributed by atoms with Gasteiger partial charge in [-0.05, 0) is 56.6 Å². The van der Waals surface area contributed by atoms with Gasteiger partial charge >= 0.3 is 0 Å². The SMILES string of the molecule is CC1CCC(NC2CCN(c3ccccc3F)CC2)CC1. The summed E-state index contributed by atoms with van der Waals surface area (Å²) in [5, 5.41) is 3.84. The normalized spacial score (nSPS) is 27.8. The Kier molecular flexibility index (Phi) is 4.79. The minimum atomic E-state index is -0.0924. The molecule has 1 aromatic rings. The predicted octanol–water partition coefficient (Wildman–Crippen LogP) is 3.96. The van der Waals surface area contributed by atoms with Gasteiger partial charge in [0.1, 0.15) is 5.82 Å². The highest BCUT2D eigenvalue weighted by Crippen LogP contribution is 2.26. The molecule has 21 heavy (non-hydrogen) atoms. The first-order valence-corrected chi connectivity index (χ1v) is 8.48. The number of benzene rings is 1. The lowest BCUT2D eigenvalue weighted by atomic mass is 9.86. The van der Waals surface area contributed by atoms with E-state index in [0.29, 0.717) is 12.1 Å². The van der Waals surface area contributed by atoms with Gasteiger partial charge in [-0.15, -0.1) is 0 Å². The lowest BCUT2D eigenvalue weighted by molar-refractivity contribution is 0.270. The summed E-state index contributed by atoms with van der Waals surface area (Å²) in [7, 11) is 0. The van der Waals surface area contributed by atoms with Crippen molar-refractivity contribution in [1.29, 1.82) is 0 Å². The fraction of sp³-hybridized carbons (Fsp3) is 0.667. The van der Waals surface area contributed by atoms with Gasteiger partial charge in [0.2, 0.25) is 0 Å². The summed E-state index contributed by atoms with van der Waals surface area (Å²) in [4.78, 5) is 2.19. The minimum absolute atomic E-state index is 0.0924. The minimum Gasteiger partial charge on any atom is -0.369 e. The molecule has 2 aliphatic rings. The first-order chi connectivity index (χ1) is 10.2. The van der Waals surface area contributed by atoms with Crippen molar-refractivity contribution in [2.24, 2.45) is 5.92 Å². The standard InChI is InChI=1S/C18H27FN2/c1-14-6-8-15(9-7-14)20-16-10-12-21(13-11-16)18-5-3-2-4-17(18)19/h2-5,14-16,20H,6-13H2,1H3. The molecule has 0 spiro atoms. The molecule has 1 N–H and O–H groups in total. The Bertz CT molecular complexity index is 446. The van der Waals surface area contributed by atoms with Gasteiger partial charge in [-0.3, -0.25) is 0 Å². The maximum absolute atomic E-state index is 13.8. The number of halogens is 1. The van der Waals surface area contributed by atoms with Gasteiger partial charge < -0.3 is 10.2 Å². The van der Waals surface area contributed by atoms with Crippen molar-refractivity contribution in [1.82, 2.24) is 5.32 Å². The van der Waals surface area contributed by atoms with Crippen LogP contribution in [0.1, 0.15) is 45.4 Å². The lowest BCUT2D eigenvalue weighted by Gasteiger charge is -2.37. The van der Waals surface area contributed by atoms with Gasteiger partial charge in [0.15, 0.2) is 0 Å². The van der Waals surface area contributed by atoms with Crippen LogP contribution in [0.5, 0.6) is 0 Å². The summed E-state index contributed by atoms with van der Waals surface area (Å²) in [5.74, 6) is 0.816. The summed E-state index contributed by atoms with van der Waals surface area (Å²) in [6.45, 7) is 4.28. The monoisotopic (exact) mass is 290 g/mol. The average molecular weight is 290 g/mol. The largest absolute Gasteiger partial charge is 0.369 e. The fourth-order valence-electron chi connectivity index (χ4n) is 3.76. The molecule has 0 radical (unpaired) electrons. The molecule has 2 fully saturated rings. The molecular formula is C18H27FN2. The van der Waals surface area contributed by atoms with Crippen LogP contribution >= 0.6 is 0 Å². The Hall–Kier alpha value is -1.09. The van der Waals surface area contributed by atoms with E-state index >= 15 is 0 Å². The number of para-hydroxylation sites is 1. The van der Waals surface area contributed by atoms with Crippen molar-refractivity contribution in [3.63, 3.8) is 0 Å². The Balaban J connectivity index is 1.48. The molecule has 0 amide bonds. The second-order valence-electron chi connectivity index (χ2n) is 6.84. The molecule has 1 saturated heterocycles. The predicted molar refractivity (Wildman–Crippen MR) is 86.2 cm³/mol. The van der Waals surface area contributed by atoms with Gasteiger partial charge in [-0.2, -0.15) is 0 Å². The molecule has 3 heteroatoms. The van der Waals surface area contributed by atoms with Crippen molar-refractivity contribution in [3.05, 3.63) is 30.1 Å². The van der Waals surface area contributed by atoms with Crippen LogP contribution in [0.3, 0.4) is 0 Å². The van der Waals surface area contributed by atoms with Gasteiger partial charge in [0.05, 0.1) is 5.69 Å². The molecule has 0 unspecified atom stereocenters. The number of anilines is 1. The van der Waals surface area contributed by atoms with Gasteiger partial charge in [0.25, 0.3) is 0 Å².